The molecule has 0 N–H and O–H groups in total. The topological polar surface area (TPSA) is 127 Å². The number of nitro groups is 1. The summed E-state index contributed by atoms with van der Waals surface area (Å²) in [5, 5.41) is 7.00. The number of hydrogen-bond acceptors (Lipinski definition) is 7. The lowest BCUT2D eigenvalue weighted by atomic mass is 10.7. The lowest BCUT2D eigenvalue weighted by Gasteiger charge is -2.09. The molecule has 0 aliphatic heterocycles. The van der Waals surface area contributed by atoms with E-state index in [1.807, 2.05) is 0 Å². The molecule has 12 heavy (non-hydrogen) atoms. The lowest BCUT2D eigenvalue weighted by Crippen LogP contribution is -2.38. The van der Waals surface area contributed by atoms with E-state index in [9.17, 15) is 27.9 Å². The van der Waals surface area contributed by atoms with Gasteiger partial charge in [-0.05, 0) is 0 Å². The van der Waals surface area contributed by atoms with Crippen LogP contribution in [-0.4, -0.2) is 36.3 Å². The van der Waals surface area contributed by atoms with Crippen molar-refractivity contribution < 1.29 is 27.4 Å². The molecule has 0 radical (unpaired) electrons. The van der Waals surface area contributed by atoms with E-state index in [1.165, 1.54) is 0 Å². The van der Waals surface area contributed by atoms with Crippen LogP contribution in [-0.2, 0) is 19.6 Å². The predicted octanol–water partition coefficient (Wildman–Crippen LogP) is -1.69. The Morgan fingerprint density at radius 1 is 1.58 bits per heavy atom. The number of esters is 1. The minimum atomic E-state index is -5.30. The van der Waals surface area contributed by atoms with Crippen LogP contribution < -0.4 is 0 Å². The highest BCUT2D eigenvalue weighted by atomic mass is 32.2. The number of carbonyl (C=O) groups excluding carboxylic acids is 1. The summed E-state index contributed by atoms with van der Waals surface area (Å²) in [7, 11) is -4.56. The fourth-order valence-electron chi connectivity index (χ4n) is 0.410. The Morgan fingerprint density at radius 3 is 2.08 bits per heavy atom. The van der Waals surface area contributed by atoms with Crippen molar-refractivity contribution in [2.24, 2.45) is 0 Å². The summed E-state index contributed by atoms with van der Waals surface area (Å²) in [4.78, 5) is 18.7. The Kier molecular flexibility index (Phi) is 3.10. The molecule has 9 heteroatoms. The van der Waals surface area contributed by atoms with Crippen LogP contribution in [0.3, 0.4) is 0 Å². The van der Waals surface area contributed by atoms with Gasteiger partial charge in [0.15, 0.2) is 10.1 Å². The second-order valence-corrected chi connectivity index (χ2v) is 3.09. The minimum absolute atomic E-state index is 0.740. The minimum Gasteiger partial charge on any atom is -0.742 e. The van der Waals surface area contributed by atoms with E-state index < -0.39 is 26.4 Å². The third-order valence-corrected chi connectivity index (χ3v) is 1.78. The van der Waals surface area contributed by atoms with E-state index in [1.54, 1.807) is 0 Å². The number of carbonyl (C=O) groups is 1. The first-order valence-corrected chi connectivity index (χ1v) is 3.94. The van der Waals surface area contributed by atoms with Gasteiger partial charge in [-0.3, -0.25) is 10.1 Å². The highest BCUT2D eigenvalue weighted by Gasteiger charge is 2.37. The van der Waals surface area contributed by atoms with Gasteiger partial charge < -0.3 is 9.29 Å². The molecular formula is C3H4NO7S-. The van der Waals surface area contributed by atoms with Gasteiger partial charge in [0.2, 0.25) is 0 Å². The number of methoxy groups -OCH3 is 1. The zero-order chi connectivity index (χ0) is 9.94. The Bertz CT molecular complexity index is 292. The second kappa shape index (κ2) is 3.45. The normalized spacial score (nSPS) is 13.5. The van der Waals surface area contributed by atoms with Crippen LogP contribution in [0.1, 0.15) is 0 Å². The highest BCUT2D eigenvalue weighted by molar-refractivity contribution is 7.86. The number of rotatable bonds is 3. The maximum atomic E-state index is 10.4. The Labute approximate surface area is 67.0 Å². The molecule has 0 bridgehead atoms. The van der Waals surface area contributed by atoms with E-state index in [0.29, 0.717) is 0 Å². The van der Waals surface area contributed by atoms with Crippen LogP contribution in [0.4, 0.5) is 0 Å². The molecule has 0 spiro atoms. The molecule has 0 fully saturated rings. The number of nitrogens with zero attached hydrogens (tertiary/aromatic N) is 1. The summed E-state index contributed by atoms with van der Waals surface area (Å²) in [6.45, 7) is 0. The summed E-state index contributed by atoms with van der Waals surface area (Å²) in [5.41, 5.74) is 0. The first kappa shape index (κ1) is 10.8. The van der Waals surface area contributed by atoms with Gasteiger partial charge >= 0.3 is 11.3 Å². The molecule has 0 aromatic rings. The quantitative estimate of drug-likeness (QED) is 0.229. The van der Waals surface area contributed by atoms with Crippen molar-refractivity contribution in [3.05, 3.63) is 10.1 Å². The Hall–Kier alpha value is -1.22. The van der Waals surface area contributed by atoms with E-state index >= 15 is 0 Å². The van der Waals surface area contributed by atoms with Crippen molar-refractivity contribution in [2.45, 2.75) is 5.37 Å². The van der Waals surface area contributed by atoms with Crippen molar-refractivity contribution in [1.29, 1.82) is 0 Å². The number of hydrogen-bond donors (Lipinski definition) is 0. The van der Waals surface area contributed by atoms with Crippen LogP contribution in [0.5, 0.6) is 0 Å². The monoisotopic (exact) mass is 198 g/mol. The molecule has 1 atom stereocenters. The average molecular weight is 198 g/mol. The predicted molar refractivity (Wildman–Crippen MR) is 32.5 cm³/mol. The van der Waals surface area contributed by atoms with E-state index in [4.69, 9.17) is 0 Å². The maximum absolute atomic E-state index is 10.4. The van der Waals surface area contributed by atoms with Gasteiger partial charge in [-0.2, -0.15) is 0 Å². The van der Waals surface area contributed by atoms with Gasteiger partial charge in [0.25, 0.3) is 0 Å². The molecule has 0 aliphatic carbocycles. The standard InChI is InChI=1S/C3H5NO7S/c1-11-3(5)2(4(6)7)12(8,9)10/h2H,1H3,(H,8,9,10)/p-1. The van der Waals surface area contributed by atoms with Crippen molar-refractivity contribution >= 4 is 16.1 Å². The Morgan fingerprint density at radius 2 is 2.00 bits per heavy atom. The van der Waals surface area contributed by atoms with Crippen LogP contribution in [0.2, 0.25) is 0 Å². The van der Waals surface area contributed by atoms with E-state index in [-0.39, 0.29) is 0 Å². The number of ether oxygens (including phenoxy) is 1. The fourth-order valence-corrected chi connectivity index (χ4v) is 0.953. The van der Waals surface area contributed by atoms with Gasteiger partial charge in [0.1, 0.15) is 0 Å². The Balaban J connectivity index is 4.95. The average Bonchev–Trinajstić information content (AvgIpc) is 1.83. The summed E-state index contributed by atoms with van der Waals surface area (Å²) in [5.74, 6) is -1.70. The highest BCUT2D eigenvalue weighted by Crippen LogP contribution is 2.01. The fraction of sp³-hybridized carbons (Fsp3) is 0.667. The van der Waals surface area contributed by atoms with Gasteiger partial charge in [-0.25, -0.2) is 13.2 Å². The summed E-state index contributed by atoms with van der Waals surface area (Å²) in [6, 6.07) is 0. The molecule has 8 nitrogen and oxygen atoms in total. The first-order valence-electron chi connectivity index (χ1n) is 2.46. The van der Waals surface area contributed by atoms with Gasteiger partial charge in [-0.1, -0.05) is 0 Å². The third-order valence-electron chi connectivity index (χ3n) is 0.868. The largest absolute Gasteiger partial charge is 0.742 e. The molecule has 0 rings (SSSR count). The molecule has 0 heterocycles. The molecule has 0 aliphatic rings. The second-order valence-electron chi connectivity index (χ2n) is 1.65. The van der Waals surface area contributed by atoms with Crippen LogP contribution >= 0.6 is 0 Å². The van der Waals surface area contributed by atoms with Crippen molar-refractivity contribution in [1.82, 2.24) is 0 Å². The van der Waals surface area contributed by atoms with Crippen molar-refractivity contribution in [3.63, 3.8) is 0 Å². The van der Waals surface area contributed by atoms with Gasteiger partial charge in [0, 0.05) is 0 Å². The van der Waals surface area contributed by atoms with Gasteiger partial charge in [-0.15, -0.1) is 0 Å². The molecule has 0 aromatic heterocycles. The smallest absolute Gasteiger partial charge is 0.396 e. The summed E-state index contributed by atoms with van der Waals surface area (Å²) >= 11 is 0. The molecule has 0 saturated heterocycles. The third kappa shape index (κ3) is 2.43. The summed E-state index contributed by atoms with van der Waals surface area (Å²) < 4.78 is 34.0. The maximum Gasteiger partial charge on any atom is 0.396 e. The molecular weight excluding hydrogens is 194 g/mol. The zero-order valence-corrected chi connectivity index (χ0v) is 6.61. The lowest BCUT2D eigenvalue weighted by molar-refractivity contribution is -0.487. The molecule has 0 aromatic carbocycles. The van der Waals surface area contributed by atoms with E-state index in [2.05, 4.69) is 4.74 Å². The zero-order valence-electron chi connectivity index (χ0n) is 5.79. The van der Waals surface area contributed by atoms with Crippen molar-refractivity contribution in [3.8, 4) is 0 Å². The molecule has 0 amide bonds. The molecule has 70 valence electrons. The summed E-state index contributed by atoms with van der Waals surface area (Å²) in [6.07, 6.45) is 0. The molecule has 0 saturated carbocycles. The van der Waals surface area contributed by atoms with Crippen LogP contribution in [0, 0.1) is 10.1 Å². The van der Waals surface area contributed by atoms with Crippen LogP contribution in [0.25, 0.3) is 0 Å². The van der Waals surface area contributed by atoms with Crippen molar-refractivity contribution in [2.75, 3.05) is 7.11 Å². The van der Waals surface area contributed by atoms with Gasteiger partial charge in [0.05, 0.1) is 12.0 Å². The molecule has 1 unspecified atom stereocenters. The SMILES string of the molecule is COC(=O)C([N+](=O)[O-])S(=O)(=O)[O-]. The van der Waals surface area contributed by atoms with E-state index in [0.717, 1.165) is 7.11 Å². The van der Waals surface area contributed by atoms with Crippen LogP contribution in [0.15, 0.2) is 0 Å². The first-order chi connectivity index (χ1) is 5.30.